The second-order valence-corrected chi connectivity index (χ2v) is 10.3. The molecule has 1 aliphatic heterocycles. The van der Waals surface area contributed by atoms with Crippen molar-refractivity contribution in [3.8, 4) is 11.3 Å². The number of aromatic nitrogens is 6. The highest BCUT2D eigenvalue weighted by atomic mass is 19.1. The maximum Gasteiger partial charge on any atom is 0.151 e. The van der Waals surface area contributed by atoms with Gasteiger partial charge >= 0.3 is 0 Å². The first kappa shape index (κ1) is 23.1. The number of hydrogen-bond donors (Lipinski definition) is 0. The molecule has 8 heteroatoms. The van der Waals surface area contributed by atoms with Gasteiger partial charge in [0.05, 0.1) is 46.5 Å². The molecule has 6 aromatic rings. The zero-order valence-corrected chi connectivity index (χ0v) is 21.7. The summed E-state index contributed by atoms with van der Waals surface area (Å²) >= 11 is 0. The molecule has 1 saturated heterocycles. The van der Waals surface area contributed by atoms with Crippen LogP contribution in [0, 0.1) is 18.7 Å². The largest absolute Gasteiger partial charge is 0.381 e. The number of ether oxygens (including phenoxy) is 1. The fourth-order valence-corrected chi connectivity index (χ4v) is 6.40. The molecule has 0 amide bonds. The third-order valence-electron chi connectivity index (χ3n) is 8.10. The molecule has 4 aromatic heterocycles. The summed E-state index contributed by atoms with van der Waals surface area (Å²) in [5.41, 5.74) is 7.32. The lowest BCUT2D eigenvalue weighted by Gasteiger charge is -2.33. The highest BCUT2D eigenvalue weighted by Crippen LogP contribution is 2.43. The summed E-state index contributed by atoms with van der Waals surface area (Å²) in [6.45, 7) is 3.46. The Bertz CT molecular complexity index is 1790. The Labute approximate surface area is 219 Å². The smallest absolute Gasteiger partial charge is 0.151 e. The Morgan fingerprint density at radius 2 is 1.79 bits per heavy atom. The summed E-state index contributed by atoms with van der Waals surface area (Å²) in [7, 11) is 3.78. The summed E-state index contributed by atoms with van der Waals surface area (Å²) < 4.78 is 27.4. The number of benzene rings is 2. The molecule has 38 heavy (non-hydrogen) atoms. The Kier molecular flexibility index (Phi) is 5.33. The quantitative estimate of drug-likeness (QED) is 0.296. The third kappa shape index (κ3) is 3.40. The molecule has 1 atom stereocenters. The average molecular weight is 509 g/mol. The van der Waals surface area contributed by atoms with Crippen LogP contribution in [0.25, 0.3) is 44.1 Å². The predicted molar refractivity (Wildman–Crippen MR) is 147 cm³/mol. The number of aryl methyl sites for hydroxylation is 3. The Morgan fingerprint density at radius 1 is 1.00 bits per heavy atom. The number of pyridine rings is 1. The first-order valence-corrected chi connectivity index (χ1v) is 13.1. The van der Waals surface area contributed by atoms with Crippen LogP contribution >= 0.6 is 0 Å². The van der Waals surface area contributed by atoms with Crippen molar-refractivity contribution in [3.63, 3.8) is 0 Å². The number of fused-ring (bicyclic) bond motifs is 5. The number of nitrogens with zero attached hydrogens (tertiary/aromatic N) is 6. The van der Waals surface area contributed by atoms with Crippen LogP contribution in [0.1, 0.15) is 30.1 Å². The van der Waals surface area contributed by atoms with Crippen molar-refractivity contribution in [2.75, 3.05) is 13.2 Å². The fourth-order valence-electron chi connectivity index (χ4n) is 6.40. The van der Waals surface area contributed by atoms with Gasteiger partial charge < -0.3 is 13.9 Å². The van der Waals surface area contributed by atoms with Gasteiger partial charge in [-0.2, -0.15) is 5.10 Å². The van der Waals surface area contributed by atoms with E-state index in [9.17, 15) is 0 Å². The minimum atomic E-state index is -0.280. The van der Waals surface area contributed by atoms with Gasteiger partial charge in [-0.25, -0.2) is 9.37 Å². The highest BCUT2D eigenvalue weighted by molar-refractivity contribution is 6.19. The number of imidazole rings is 1. The van der Waals surface area contributed by atoms with E-state index in [2.05, 4.69) is 45.0 Å². The van der Waals surface area contributed by atoms with Gasteiger partial charge in [-0.3, -0.25) is 9.67 Å². The maximum absolute atomic E-state index is 15.7. The molecule has 0 unspecified atom stereocenters. The lowest BCUT2D eigenvalue weighted by atomic mass is 9.86. The van der Waals surface area contributed by atoms with Gasteiger partial charge in [0.1, 0.15) is 5.52 Å². The summed E-state index contributed by atoms with van der Waals surface area (Å²) in [6, 6.07) is 14.4. The van der Waals surface area contributed by atoms with E-state index in [0.29, 0.717) is 11.4 Å². The zero-order valence-electron chi connectivity index (χ0n) is 21.7. The van der Waals surface area contributed by atoms with E-state index in [4.69, 9.17) is 9.72 Å². The molecule has 2 aromatic carbocycles. The molecule has 0 aliphatic carbocycles. The van der Waals surface area contributed by atoms with Crippen LogP contribution in [0.5, 0.6) is 0 Å². The van der Waals surface area contributed by atoms with Crippen LogP contribution in [0.4, 0.5) is 4.39 Å². The predicted octanol–water partition coefficient (Wildman–Crippen LogP) is 5.94. The Balaban J connectivity index is 1.62. The molecule has 7 nitrogen and oxygen atoms in total. The van der Waals surface area contributed by atoms with Crippen molar-refractivity contribution in [2.24, 2.45) is 20.0 Å². The van der Waals surface area contributed by atoms with Crippen LogP contribution in [0.15, 0.2) is 61.2 Å². The van der Waals surface area contributed by atoms with E-state index in [0.717, 1.165) is 70.3 Å². The molecule has 0 radical (unpaired) electrons. The lowest BCUT2D eigenvalue weighted by Crippen LogP contribution is -2.26. The molecule has 5 heterocycles. The molecule has 0 bridgehead atoms. The molecule has 0 saturated carbocycles. The molecule has 0 spiro atoms. The number of hydrogen-bond acceptors (Lipinski definition) is 4. The van der Waals surface area contributed by atoms with Crippen LogP contribution in [0.3, 0.4) is 0 Å². The second kappa shape index (κ2) is 8.77. The van der Waals surface area contributed by atoms with Gasteiger partial charge in [-0.05, 0) is 37.3 Å². The minimum Gasteiger partial charge on any atom is -0.381 e. The molecule has 0 N–H and O–H groups in total. The molecule has 1 aliphatic rings. The van der Waals surface area contributed by atoms with E-state index in [1.165, 1.54) is 5.56 Å². The SMILES string of the molecule is Cc1ncn(C)c1-c1cnc2c3c4cnn(C)c4c(F)cc3n([C@H](c3ccccc3)C3CCOCC3)c2c1. The topological polar surface area (TPSA) is 62.7 Å². The molecule has 7 rings (SSSR count). The van der Waals surface area contributed by atoms with E-state index in [1.54, 1.807) is 24.0 Å². The van der Waals surface area contributed by atoms with Crippen molar-refractivity contribution in [1.29, 1.82) is 0 Å². The average Bonchev–Trinajstić information content (AvgIpc) is 3.59. The Hall–Kier alpha value is -4.04. The fraction of sp³-hybridized carbons (Fsp3) is 0.300. The van der Waals surface area contributed by atoms with Gasteiger partial charge in [0, 0.05) is 55.9 Å². The summed E-state index contributed by atoms with van der Waals surface area (Å²) in [4.78, 5) is 9.54. The van der Waals surface area contributed by atoms with E-state index in [1.807, 2.05) is 37.1 Å². The summed E-state index contributed by atoms with van der Waals surface area (Å²) in [6.07, 6.45) is 7.37. The Morgan fingerprint density at radius 3 is 2.53 bits per heavy atom. The van der Waals surface area contributed by atoms with Crippen LogP contribution < -0.4 is 0 Å². The van der Waals surface area contributed by atoms with Gasteiger partial charge in [-0.15, -0.1) is 0 Å². The summed E-state index contributed by atoms with van der Waals surface area (Å²) in [5, 5.41) is 6.12. The highest BCUT2D eigenvalue weighted by Gasteiger charge is 2.31. The van der Waals surface area contributed by atoms with Gasteiger partial charge in [0.2, 0.25) is 0 Å². The molecular weight excluding hydrogens is 479 g/mol. The first-order chi connectivity index (χ1) is 18.5. The van der Waals surface area contributed by atoms with E-state index >= 15 is 4.39 Å². The van der Waals surface area contributed by atoms with E-state index < -0.39 is 0 Å². The summed E-state index contributed by atoms with van der Waals surface area (Å²) in [5.74, 6) is 0.0535. The van der Waals surface area contributed by atoms with Crippen molar-refractivity contribution < 1.29 is 9.13 Å². The molecule has 1 fully saturated rings. The zero-order chi connectivity index (χ0) is 26.0. The van der Waals surface area contributed by atoms with Crippen molar-refractivity contribution in [1.82, 2.24) is 28.9 Å². The van der Waals surface area contributed by atoms with Crippen LogP contribution in [0.2, 0.25) is 0 Å². The first-order valence-electron chi connectivity index (χ1n) is 13.1. The van der Waals surface area contributed by atoms with E-state index in [-0.39, 0.29) is 11.9 Å². The minimum absolute atomic E-state index is 0.00157. The maximum atomic E-state index is 15.7. The third-order valence-corrected chi connectivity index (χ3v) is 8.10. The number of rotatable bonds is 4. The van der Waals surface area contributed by atoms with Gasteiger partial charge in [-0.1, -0.05) is 30.3 Å². The van der Waals surface area contributed by atoms with Crippen molar-refractivity contribution in [3.05, 3.63) is 78.3 Å². The van der Waals surface area contributed by atoms with Crippen molar-refractivity contribution >= 4 is 32.8 Å². The molecule has 192 valence electrons. The van der Waals surface area contributed by atoms with Gasteiger partial charge in [0.15, 0.2) is 5.82 Å². The molecular formula is C30H29FN6O. The van der Waals surface area contributed by atoms with Crippen molar-refractivity contribution in [2.45, 2.75) is 25.8 Å². The second-order valence-electron chi connectivity index (χ2n) is 10.3. The monoisotopic (exact) mass is 508 g/mol. The van der Waals surface area contributed by atoms with Crippen LogP contribution in [-0.2, 0) is 18.8 Å². The van der Waals surface area contributed by atoms with Crippen LogP contribution in [-0.4, -0.2) is 42.1 Å². The van der Waals surface area contributed by atoms with Gasteiger partial charge in [0.25, 0.3) is 0 Å². The lowest BCUT2D eigenvalue weighted by molar-refractivity contribution is 0.0553. The normalized spacial score (nSPS) is 15.7. The standard InChI is InChI=1S/C30H29FN6O/c1-18-28(35(2)17-33-18)21-13-25-27(32-15-21)26-22-16-34-36(3)30(22)23(31)14-24(26)37(25)29(19-7-5-4-6-8-19)20-9-11-38-12-10-20/h4-8,13-17,20,29H,9-12H2,1-3H3/t29-/m1/s1. The number of halogens is 1.